The van der Waals surface area contributed by atoms with E-state index in [0.717, 1.165) is 11.3 Å². The molecule has 0 spiro atoms. The number of carbonyl (C=O) groups is 1. The van der Waals surface area contributed by atoms with Gasteiger partial charge in [-0.15, -0.1) is 0 Å². The molecule has 0 aromatic carbocycles. The summed E-state index contributed by atoms with van der Waals surface area (Å²) in [4.78, 5) is 26.1. The molecule has 32 heavy (non-hydrogen) atoms. The van der Waals surface area contributed by atoms with Crippen molar-refractivity contribution in [1.82, 2.24) is 24.7 Å². The molecule has 0 aliphatic heterocycles. The molecule has 0 bridgehead atoms. The van der Waals surface area contributed by atoms with E-state index in [-0.39, 0.29) is 11.6 Å². The van der Waals surface area contributed by atoms with Crippen LogP contribution in [-0.4, -0.2) is 50.9 Å². The van der Waals surface area contributed by atoms with Crippen molar-refractivity contribution < 1.29 is 9.53 Å². The maximum Gasteiger partial charge on any atom is 0.274 e. The van der Waals surface area contributed by atoms with Gasteiger partial charge in [-0.3, -0.25) is 19.4 Å². The molecular weight excluding hydrogens is 406 g/mol. The first-order valence-corrected chi connectivity index (χ1v) is 10.1. The van der Waals surface area contributed by atoms with E-state index in [4.69, 9.17) is 4.74 Å². The average Bonchev–Trinajstić information content (AvgIpc) is 3.20. The lowest BCUT2D eigenvalue weighted by atomic mass is 10.1. The number of carbonyl (C=O) groups excluding carboxylic acids is 1. The van der Waals surface area contributed by atoms with Gasteiger partial charge in [-0.05, 0) is 30.3 Å². The largest absolute Gasteiger partial charge is 0.383 e. The van der Waals surface area contributed by atoms with Crippen molar-refractivity contribution in [2.45, 2.75) is 0 Å². The number of pyridine rings is 3. The van der Waals surface area contributed by atoms with Crippen molar-refractivity contribution in [2.75, 3.05) is 30.9 Å². The maximum absolute atomic E-state index is 13.0. The summed E-state index contributed by atoms with van der Waals surface area (Å²) in [6.07, 6.45) is 6.88. The molecule has 162 valence electrons. The Balaban J connectivity index is 1.55. The Morgan fingerprint density at radius 3 is 2.81 bits per heavy atom. The number of hydrogen-bond donors (Lipinski definition) is 2. The second-order valence-electron chi connectivity index (χ2n) is 7.02. The Kier molecular flexibility index (Phi) is 6.47. The molecule has 0 atom stereocenters. The molecule has 0 radical (unpaired) electrons. The van der Waals surface area contributed by atoms with Crippen molar-refractivity contribution in [2.24, 2.45) is 7.05 Å². The molecular formula is C23H23N7O2. The summed E-state index contributed by atoms with van der Waals surface area (Å²) >= 11 is 0. The van der Waals surface area contributed by atoms with Gasteiger partial charge in [-0.1, -0.05) is 12.1 Å². The molecule has 0 fully saturated rings. The normalized spacial score (nSPS) is 10.7. The van der Waals surface area contributed by atoms with Crippen molar-refractivity contribution in [3.63, 3.8) is 0 Å². The van der Waals surface area contributed by atoms with Gasteiger partial charge in [0.1, 0.15) is 11.4 Å². The second-order valence-corrected chi connectivity index (χ2v) is 7.02. The lowest BCUT2D eigenvalue weighted by Gasteiger charge is -2.09. The molecule has 0 saturated heterocycles. The molecule has 0 aliphatic rings. The minimum absolute atomic E-state index is 0.288. The molecule has 4 rings (SSSR count). The van der Waals surface area contributed by atoms with Crippen molar-refractivity contribution in [3.8, 4) is 22.6 Å². The van der Waals surface area contributed by atoms with Crippen LogP contribution in [0.4, 0.5) is 11.4 Å². The van der Waals surface area contributed by atoms with Gasteiger partial charge < -0.3 is 15.4 Å². The number of nitrogens with one attached hydrogen (secondary N) is 2. The zero-order valence-corrected chi connectivity index (χ0v) is 17.8. The van der Waals surface area contributed by atoms with Gasteiger partial charge in [0.25, 0.3) is 5.91 Å². The number of amides is 1. The van der Waals surface area contributed by atoms with Crippen LogP contribution in [0.2, 0.25) is 0 Å². The number of hydrogen-bond acceptors (Lipinski definition) is 7. The number of ether oxygens (including phenoxy) is 1. The van der Waals surface area contributed by atoms with Crippen LogP contribution in [0.5, 0.6) is 0 Å². The highest BCUT2D eigenvalue weighted by atomic mass is 16.5. The van der Waals surface area contributed by atoms with Gasteiger partial charge in [0, 0.05) is 51.1 Å². The highest BCUT2D eigenvalue weighted by molar-refractivity contribution is 6.04. The van der Waals surface area contributed by atoms with Crippen LogP contribution in [-0.2, 0) is 11.8 Å². The van der Waals surface area contributed by atoms with E-state index in [1.165, 1.54) is 0 Å². The van der Waals surface area contributed by atoms with Crippen LogP contribution in [0.15, 0.2) is 67.3 Å². The molecule has 1 amide bonds. The summed E-state index contributed by atoms with van der Waals surface area (Å²) in [5.41, 5.74) is 4.43. The zero-order chi connectivity index (χ0) is 22.3. The summed E-state index contributed by atoms with van der Waals surface area (Å²) in [7, 11) is 3.45. The first-order valence-electron chi connectivity index (χ1n) is 10.1. The van der Waals surface area contributed by atoms with Crippen LogP contribution in [0.3, 0.4) is 0 Å². The SMILES string of the molecule is COCCNc1cncc(-c2cccc(C(=O)Nc3cn(C)nc3-c3ccccn3)n2)c1. The molecule has 2 N–H and O–H groups in total. The lowest BCUT2D eigenvalue weighted by Crippen LogP contribution is -2.14. The topological polar surface area (TPSA) is 107 Å². The quantitative estimate of drug-likeness (QED) is 0.414. The molecule has 0 unspecified atom stereocenters. The Morgan fingerprint density at radius 1 is 1.12 bits per heavy atom. The Bertz CT molecular complexity index is 1210. The Hall–Kier alpha value is -4.11. The summed E-state index contributed by atoms with van der Waals surface area (Å²) in [6.45, 7) is 1.26. The minimum atomic E-state index is -0.334. The number of anilines is 2. The molecule has 0 saturated carbocycles. The van der Waals surface area contributed by atoms with Gasteiger partial charge >= 0.3 is 0 Å². The third kappa shape index (κ3) is 4.96. The second kappa shape index (κ2) is 9.80. The molecule has 4 aromatic heterocycles. The molecule has 4 aromatic rings. The van der Waals surface area contributed by atoms with Gasteiger partial charge in [-0.2, -0.15) is 5.10 Å². The third-order valence-corrected chi connectivity index (χ3v) is 4.64. The van der Waals surface area contributed by atoms with E-state index >= 15 is 0 Å². The van der Waals surface area contributed by atoms with E-state index < -0.39 is 0 Å². The van der Waals surface area contributed by atoms with Gasteiger partial charge in [-0.25, -0.2) is 4.98 Å². The van der Waals surface area contributed by atoms with Crippen molar-refractivity contribution in [3.05, 3.63) is 72.9 Å². The average molecular weight is 429 g/mol. The van der Waals surface area contributed by atoms with Crippen LogP contribution in [0.1, 0.15) is 10.5 Å². The molecule has 4 heterocycles. The number of aromatic nitrogens is 5. The number of rotatable bonds is 8. The van der Waals surface area contributed by atoms with Crippen molar-refractivity contribution >= 4 is 17.3 Å². The monoisotopic (exact) mass is 429 g/mol. The molecule has 0 aliphatic carbocycles. The van der Waals surface area contributed by atoms with E-state index in [1.54, 1.807) is 55.8 Å². The first kappa shape index (κ1) is 21.1. The minimum Gasteiger partial charge on any atom is -0.383 e. The fourth-order valence-corrected chi connectivity index (χ4v) is 3.15. The molecule has 9 heteroatoms. The predicted molar refractivity (Wildman–Crippen MR) is 122 cm³/mol. The number of aryl methyl sites for hydroxylation is 1. The lowest BCUT2D eigenvalue weighted by molar-refractivity contribution is 0.102. The standard InChI is InChI=1S/C23H23N7O2/c1-30-15-21(22(29-30)19-6-3-4-9-26-19)28-23(31)20-8-5-7-18(27-20)16-12-17(14-24-13-16)25-10-11-32-2/h3-9,12-15,25H,10-11H2,1-2H3,(H,28,31). The van der Waals surface area contributed by atoms with Crippen LogP contribution in [0.25, 0.3) is 22.6 Å². The highest BCUT2D eigenvalue weighted by Crippen LogP contribution is 2.25. The summed E-state index contributed by atoms with van der Waals surface area (Å²) < 4.78 is 6.69. The van der Waals surface area contributed by atoms with E-state index in [1.807, 2.05) is 30.3 Å². The molecule has 9 nitrogen and oxygen atoms in total. The maximum atomic E-state index is 13.0. The van der Waals surface area contributed by atoms with Crippen molar-refractivity contribution in [1.29, 1.82) is 0 Å². The van der Waals surface area contributed by atoms with Gasteiger partial charge in [0.05, 0.1) is 29.4 Å². The Morgan fingerprint density at radius 2 is 2.00 bits per heavy atom. The predicted octanol–water partition coefficient (Wildman–Crippen LogP) is 3.25. The van der Waals surface area contributed by atoms with Crippen LogP contribution in [0, 0.1) is 0 Å². The van der Waals surface area contributed by atoms with Crippen LogP contribution < -0.4 is 10.6 Å². The summed E-state index contributed by atoms with van der Waals surface area (Å²) in [5.74, 6) is -0.334. The van der Waals surface area contributed by atoms with E-state index in [2.05, 4.69) is 30.7 Å². The zero-order valence-electron chi connectivity index (χ0n) is 17.8. The highest BCUT2D eigenvalue weighted by Gasteiger charge is 2.16. The Labute approximate surface area is 185 Å². The summed E-state index contributed by atoms with van der Waals surface area (Å²) in [6, 6.07) is 12.8. The fraction of sp³-hybridized carbons (Fsp3) is 0.174. The van der Waals surface area contributed by atoms with Crippen LogP contribution >= 0.6 is 0 Å². The third-order valence-electron chi connectivity index (χ3n) is 4.64. The van der Waals surface area contributed by atoms with Gasteiger partial charge in [0.15, 0.2) is 0 Å². The number of nitrogens with zero attached hydrogens (tertiary/aromatic N) is 5. The van der Waals surface area contributed by atoms with E-state index in [0.29, 0.717) is 35.9 Å². The first-order chi connectivity index (χ1) is 15.6. The summed E-state index contributed by atoms with van der Waals surface area (Å²) in [5, 5.41) is 10.6. The fourth-order valence-electron chi connectivity index (χ4n) is 3.15. The van der Waals surface area contributed by atoms with Gasteiger partial charge in [0.2, 0.25) is 0 Å². The van der Waals surface area contributed by atoms with E-state index in [9.17, 15) is 4.79 Å². The smallest absolute Gasteiger partial charge is 0.274 e. The number of methoxy groups -OCH3 is 1.